The van der Waals surface area contributed by atoms with E-state index in [4.69, 9.17) is 10.5 Å². The third kappa shape index (κ3) is 2.12. The number of benzene rings is 1. The molecule has 1 aromatic carbocycles. The number of rotatable bonds is 3. The van der Waals surface area contributed by atoms with Crippen molar-refractivity contribution in [1.82, 2.24) is 4.72 Å². The Labute approximate surface area is 115 Å². The Morgan fingerprint density at radius 3 is 2.75 bits per heavy atom. The Balaban J connectivity index is 1.80. The number of sulfonamides is 1. The molecule has 1 saturated heterocycles. The van der Waals surface area contributed by atoms with Crippen molar-refractivity contribution in [2.24, 2.45) is 11.7 Å². The Kier molecular flexibility index (Phi) is 3.28. The van der Waals surface area contributed by atoms with Gasteiger partial charge in [0.25, 0.3) is 0 Å². The smallest absolute Gasteiger partial charge is 0.241 e. The molecule has 3 N–H and O–H groups in total. The van der Waals surface area contributed by atoms with E-state index < -0.39 is 27.7 Å². The van der Waals surface area contributed by atoms with Crippen molar-refractivity contribution in [1.29, 1.82) is 0 Å². The highest BCUT2D eigenvalue weighted by molar-refractivity contribution is 7.89. The maximum absolute atomic E-state index is 13.1. The second kappa shape index (κ2) is 4.73. The molecule has 8 heteroatoms. The van der Waals surface area contributed by atoms with Crippen LogP contribution in [0.5, 0.6) is 0 Å². The van der Waals surface area contributed by atoms with Crippen molar-refractivity contribution in [3.63, 3.8) is 0 Å². The summed E-state index contributed by atoms with van der Waals surface area (Å²) in [5.74, 6) is -2.14. The number of fused-ring (bicyclic) bond motifs is 1. The van der Waals surface area contributed by atoms with Crippen LogP contribution in [-0.4, -0.2) is 33.2 Å². The van der Waals surface area contributed by atoms with E-state index >= 15 is 0 Å². The van der Waals surface area contributed by atoms with Crippen molar-refractivity contribution < 1.29 is 21.9 Å². The van der Waals surface area contributed by atoms with E-state index in [1.165, 1.54) is 0 Å². The van der Waals surface area contributed by atoms with E-state index in [1.54, 1.807) is 0 Å². The molecule has 1 aliphatic carbocycles. The van der Waals surface area contributed by atoms with Gasteiger partial charge in [-0.1, -0.05) is 0 Å². The van der Waals surface area contributed by atoms with Crippen molar-refractivity contribution in [3.05, 3.63) is 29.8 Å². The number of hydrogen-bond donors (Lipinski definition) is 2. The zero-order chi connectivity index (χ0) is 14.5. The average Bonchev–Trinajstić information content (AvgIpc) is 2.84. The molecule has 2 fully saturated rings. The number of nitrogens with one attached hydrogen (secondary N) is 1. The van der Waals surface area contributed by atoms with Crippen LogP contribution in [0.2, 0.25) is 0 Å². The SMILES string of the molecule is NC1C2CCOC2C1NS(=O)(=O)c1ccc(F)c(F)c1. The molecule has 20 heavy (non-hydrogen) atoms. The fourth-order valence-electron chi connectivity index (χ4n) is 2.79. The number of halogens is 2. The standard InChI is InChI=1S/C12H14F2N2O3S/c13-8-2-1-6(5-9(8)14)20(17,18)16-11-10(15)7-3-4-19-12(7)11/h1-2,5,7,10-12,16H,3-4,15H2. The maximum atomic E-state index is 13.1. The summed E-state index contributed by atoms with van der Waals surface area (Å²) in [5, 5.41) is 0. The lowest BCUT2D eigenvalue weighted by Crippen LogP contribution is -2.68. The highest BCUT2D eigenvalue weighted by Crippen LogP contribution is 2.38. The van der Waals surface area contributed by atoms with Gasteiger partial charge in [0.15, 0.2) is 11.6 Å². The van der Waals surface area contributed by atoms with Crippen LogP contribution in [0.4, 0.5) is 8.78 Å². The van der Waals surface area contributed by atoms with Crippen LogP contribution in [0, 0.1) is 17.6 Å². The van der Waals surface area contributed by atoms with Crippen molar-refractivity contribution in [3.8, 4) is 0 Å². The number of hydrogen-bond acceptors (Lipinski definition) is 4. The molecule has 1 heterocycles. The topological polar surface area (TPSA) is 81.4 Å². The summed E-state index contributed by atoms with van der Waals surface area (Å²) in [4.78, 5) is -0.329. The van der Waals surface area contributed by atoms with Crippen LogP contribution in [-0.2, 0) is 14.8 Å². The lowest BCUT2D eigenvalue weighted by Gasteiger charge is -2.45. The Morgan fingerprint density at radius 1 is 1.30 bits per heavy atom. The van der Waals surface area contributed by atoms with Crippen LogP contribution in [0.25, 0.3) is 0 Å². The molecule has 5 nitrogen and oxygen atoms in total. The zero-order valence-corrected chi connectivity index (χ0v) is 11.2. The van der Waals surface area contributed by atoms with Gasteiger partial charge in [0, 0.05) is 18.6 Å². The van der Waals surface area contributed by atoms with Gasteiger partial charge >= 0.3 is 0 Å². The summed E-state index contributed by atoms with van der Waals surface area (Å²) >= 11 is 0. The molecule has 0 spiro atoms. The van der Waals surface area contributed by atoms with Crippen LogP contribution < -0.4 is 10.5 Å². The normalized spacial score (nSPS) is 32.8. The molecule has 3 rings (SSSR count). The van der Waals surface area contributed by atoms with Crippen molar-refractivity contribution in [2.75, 3.05) is 6.61 Å². The lowest BCUT2D eigenvalue weighted by atomic mass is 9.73. The predicted octanol–water partition coefficient (Wildman–Crippen LogP) is 0.358. The van der Waals surface area contributed by atoms with Gasteiger partial charge in [0.05, 0.1) is 17.0 Å². The minimum atomic E-state index is -3.95. The van der Waals surface area contributed by atoms with Crippen molar-refractivity contribution >= 4 is 10.0 Å². The summed E-state index contributed by atoms with van der Waals surface area (Å²) in [6, 6.07) is 1.59. The average molecular weight is 304 g/mol. The molecule has 1 aromatic rings. The molecular formula is C12H14F2N2O3S. The van der Waals surface area contributed by atoms with Gasteiger partial charge in [-0.25, -0.2) is 21.9 Å². The molecular weight excluding hydrogens is 290 g/mol. The van der Waals surface area contributed by atoms with Crippen LogP contribution in [0.15, 0.2) is 23.1 Å². The number of nitrogens with two attached hydrogens (primary N) is 1. The fourth-order valence-corrected chi connectivity index (χ4v) is 4.08. The van der Waals surface area contributed by atoms with E-state index in [1.807, 2.05) is 0 Å². The first-order valence-electron chi connectivity index (χ1n) is 6.25. The first kappa shape index (κ1) is 13.9. The Hall–Kier alpha value is -1.09. The molecule has 2 aliphatic rings. The summed E-state index contributed by atoms with van der Waals surface area (Å²) in [7, 11) is -3.95. The lowest BCUT2D eigenvalue weighted by molar-refractivity contribution is -0.00924. The second-order valence-corrected chi connectivity index (χ2v) is 6.80. The van der Waals surface area contributed by atoms with E-state index in [0.717, 1.165) is 18.6 Å². The molecule has 0 aromatic heterocycles. The van der Waals surface area contributed by atoms with E-state index in [2.05, 4.69) is 4.72 Å². The minimum Gasteiger partial charge on any atom is -0.376 e. The van der Waals surface area contributed by atoms with Gasteiger partial charge in [-0.15, -0.1) is 0 Å². The Bertz CT molecular complexity index is 638. The number of ether oxygens (including phenoxy) is 1. The monoisotopic (exact) mass is 304 g/mol. The van der Waals surface area contributed by atoms with Crippen LogP contribution >= 0.6 is 0 Å². The van der Waals surface area contributed by atoms with Gasteiger partial charge in [-0.3, -0.25) is 0 Å². The minimum absolute atomic E-state index is 0.160. The first-order chi connectivity index (χ1) is 9.40. The molecule has 0 bridgehead atoms. The van der Waals surface area contributed by atoms with Gasteiger partial charge in [-0.05, 0) is 24.6 Å². The molecule has 0 radical (unpaired) electrons. The largest absolute Gasteiger partial charge is 0.376 e. The Morgan fingerprint density at radius 2 is 2.05 bits per heavy atom. The highest BCUT2D eigenvalue weighted by atomic mass is 32.2. The van der Waals surface area contributed by atoms with Crippen LogP contribution in [0.3, 0.4) is 0 Å². The molecule has 110 valence electrons. The van der Waals surface area contributed by atoms with Gasteiger partial charge in [0.1, 0.15) is 0 Å². The summed E-state index contributed by atoms with van der Waals surface area (Å²) in [6.45, 7) is 0.562. The quantitative estimate of drug-likeness (QED) is 0.845. The van der Waals surface area contributed by atoms with Crippen LogP contribution in [0.1, 0.15) is 6.42 Å². The summed E-state index contributed by atoms with van der Waals surface area (Å²) in [5.41, 5.74) is 5.91. The molecule has 1 aliphatic heterocycles. The van der Waals surface area contributed by atoms with E-state index in [9.17, 15) is 17.2 Å². The molecule has 1 saturated carbocycles. The van der Waals surface area contributed by atoms with Gasteiger partial charge in [-0.2, -0.15) is 0 Å². The predicted molar refractivity (Wildman–Crippen MR) is 66.3 cm³/mol. The van der Waals surface area contributed by atoms with E-state index in [-0.39, 0.29) is 23.0 Å². The summed E-state index contributed by atoms with van der Waals surface area (Å²) in [6.07, 6.45) is 0.583. The van der Waals surface area contributed by atoms with Crippen molar-refractivity contribution in [2.45, 2.75) is 29.5 Å². The maximum Gasteiger partial charge on any atom is 0.241 e. The molecule has 4 unspecified atom stereocenters. The van der Waals surface area contributed by atoms with Gasteiger partial charge in [0.2, 0.25) is 10.0 Å². The fraction of sp³-hybridized carbons (Fsp3) is 0.500. The second-order valence-electron chi connectivity index (χ2n) is 5.09. The molecule has 0 amide bonds. The molecule has 4 atom stereocenters. The summed E-state index contributed by atoms with van der Waals surface area (Å²) < 4.78 is 58.0. The zero-order valence-electron chi connectivity index (χ0n) is 10.4. The van der Waals surface area contributed by atoms with E-state index in [0.29, 0.717) is 12.7 Å². The third-order valence-corrected chi connectivity index (χ3v) is 5.40. The first-order valence-corrected chi connectivity index (χ1v) is 7.73. The third-order valence-electron chi connectivity index (χ3n) is 3.94. The highest BCUT2D eigenvalue weighted by Gasteiger charge is 2.53. The van der Waals surface area contributed by atoms with Gasteiger partial charge < -0.3 is 10.5 Å².